The molecule has 74 valence electrons. The van der Waals surface area contributed by atoms with Gasteiger partial charge in [0.05, 0.1) is 6.20 Å². The zero-order valence-electron chi connectivity index (χ0n) is 7.70. The molecule has 0 spiro atoms. The average molecular weight is 201 g/mol. The minimum atomic E-state index is -0.568. The predicted octanol–water partition coefficient (Wildman–Crippen LogP) is 1.09. The van der Waals surface area contributed by atoms with Crippen molar-refractivity contribution in [1.82, 2.24) is 15.0 Å². The summed E-state index contributed by atoms with van der Waals surface area (Å²) in [5, 5.41) is 0. The highest BCUT2D eigenvalue weighted by Crippen LogP contribution is 2.05. The smallest absolute Gasteiger partial charge is 0.365 e. The van der Waals surface area contributed by atoms with Crippen LogP contribution in [0.4, 0.5) is 0 Å². The van der Waals surface area contributed by atoms with Gasteiger partial charge in [-0.15, -0.1) is 0 Å². The standard InChI is InChI=1S/C10H7N3O2/c14-10(8-7-11-5-6-12-8)15-9-3-1-2-4-13-9/h1-7H. The first-order valence-electron chi connectivity index (χ1n) is 4.25. The first-order chi connectivity index (χ1) is 7.36. The maximum absolute atomic E-state index is 11.4. The van der Waals surface area contributed by atoms with Crippen LogP contribution in [0.15, 0.2) is 43.0 Å². The van der Waals surface area contributed by atoms with Crippen LogP contribution < -0.4 is 4.74 Å². The van der Waals surface area contributed by atoms with Crippen molar-refractivity contribution in [3.05, 3.63) is 48.7 Å². The molecular weight excluding hydrogens is 194 g/mol. The summed E-state index contributed by atoms with van der Waals surface area (Å²) in [5.74, 6) is -0.324. The summed E-state index contributed by atoms with van der Waals surface area (Å²) in [4.78, 5) is 22.9. The molecule has 0 saturated heterocycles. The summed E-state index contributed by atoms with van der Waals surface area (Å²) in [6.07, 6.45) is 5.79. The first kappa shape index (κ1) is 9.26. The van der Waals surface area contributed by atoms with Gasteiger partial charge in [-0.05, 0) is 6.07 Å². The number of hydrogen-bond acceptors (Lipinski definition) is 5. The molecule has 5 nitrogen and oxygen atoms in total. The summed E-state index contributed by atoms with van der Waals surface area (Å²) >= 11 is 0. The largest absolute Gasteiger partial charge is 0.403 e. The summed E-state index contributed by atoms with van der Waals surface area (Å²) in [6.45, 7) is 0. The van der Waals surface area contributed by atoms with Crippen LogP contribution in [0.2, 0.25) is 0 Å². The van der Waals surface area contributed by atoms with Gasteiger partial charge in [0.1, 0.15) is 0 Å². The lowest BCUT2D eigenvalue weighted by atomic mass is 10.4. The molecule has 0 atom stereocenters. The molecular formula is C10H7N3O2. The van der Waals surface area contributed by atoms with Gasteiger partial charge in [0, 0.05) is 24.7 Å². The fraction of sp³-hybridized carbons (Fsp3) is 0. The van der Waals surface area contributed by atoms with Gasteiger partial charge < -0.3 is 4.74 Å². The van der Waals surface area contributed by atoms with Crippen LogP contribution in [0.25, 0.3) is 0 Å². The van der Waals surface area contributed by atoms with Crippen LogP contribution in [0.5, 0.6) is 5.88 Å². The van der Waals surface area contributed by atoms with Gasteiger partial charge in [0.2, 0.25) is 5.88 Å². The van der Waals surface area contributed by atoms with E-state index < -0.39 is 5.97 Å². The van der Waals surface area contributed by atoms with Crippen molar-refractivity contribution in [2.75, 3.05) is 0 Å². The van der Waals surface area contributed by atoms with Crippen molar-refractivity contribution in [2.24, 2.45) is 0 Å². The minimum Gasteiger partial charge on any atom is -0.403 e. The fourth-order valence-electron chi connectivity index (χ4n) is 0.959. The molecule has 2 rings (SSSR count). The SMILES string of the molecule is O=C(Oc1ccccn1)c1cnccn1. The monoisotopic (exact) mass is 201 g/mol. The lowest BCUT2D eigenvalue weighted by Gasteiger charge is -2.00. The van der Waals surface area contributed by atoms with Gasteiger partial charge in [0.25, 0.3) is 0 Å². The van der Waals surface area contributed by atoms with Gasteiger partial charge in [-0.3, -0.25) is 4.98 Å². The highest BCUT2D eigenvalue weighted by atomic mass is 16.5. The number of carbonyl (C=O) groups is 1. The van der Waals surface area contributed by atoms with Crippen LogP contribution in [-0.4, -0.2) is 20.9 Å². The predicted molar refractivity (Wildman–Crippen MR) is 51.2 cm³/mol. The Labute approximate surface area is 85.8 Å². The summed E-state index contributed by atoms with van der Waals surface area (Å²) < 4.78 is 4.95. The van der Waals surface area contributed by atoms with E-state index in [-0.39, 0.29) is 11.6 Å². The Hall–Kier alpha value is -2.30. The van der Waals surface area contributed by atoms with E-state index in [0.29, 0.717) is 0 Å². The van der Waals surface area contributed by atoms with Gasteiger partial charge in [-0.25, -0.2) is 14.8 Å². The first-order valence-corrected chi connectivity index (χ1v) is 4.25. The Morgan fingerprint density at radius 3 is 2.73 bits per heavy atom. The molecule has 2 aromatic heterocycles. The van der Waals surface area contributed by atoms with Crippen molar-refractivity contribution >= 4 is 5.97 Å². The molecule has 2 heterocycles. The van der Waals surface area contributed by atoms with E-state index in [9.17, 15) is 4.79 Å². The molecule has 15 heavy (non-hydrogen) atoms. The number of carbonyl (C=O) groups excluding carboxylic acids is 1. The molecule has 5 heteroatoms. The second-order valence-electron chi connectivity index (χ2n) is 2.65. The summed E-state index contributed by atoms with van der Waals surface area (Å²) in [7, 11) is 0. The summed E-state index contributed by atoms with van der Waals surface area (Å²) in [5.41, 5.74) is 0.156. The molecule has 0 N–H and O–H groups in total. The van der Waals surface area contributed by atoms with E-state index in [4.69, 9.17) is 4.74 Å². The lowest BCUT2D eigenvalue weighted by molar-refractivity contribution is 0.0721. The van der Waals surface area contributed by atoms with E-state index >= 15 is 0 Å². The molecule has 2 aromatic rings. The molecule has 0 aliphatic heterocycles. The zero-order chi connectivity index (χ0) is 10.5. The van der Waals surface area contributed by atoms with Gasteiger partial charge in [-0.2, -0.15) is 0 Å². The van der Waals surface area contributed by atoms with E-state index in [1.807, 2.05) is 0 Å². The number of pyridine rings is 1. The second kappa shape index (κ2) is 4.28. The second-order valence-corrected chi connectivity index (χ2v) is 2.65. The number of nitrogens with zero attached hydrogens (tertiary/aromatic N) is 3. The highest BCUT2D eigenvalue weighted by molar-refractivity contribution is 5.88. The molecule has 0 radical (unpaired) electrons. The van der Waals surface area contributed by atoms with Crippen molar-refractivity contribution in [3.63, 3.8) is 0 Å². The molecule has 0 aliphatic rings. The van der Waals surface area contributed by atoms with Gasteiger partial charge in [0.15, 0.2) is 5.69 Å². The Morgan fingerprint density at radius 1 is 1.13 bits per heavy atom. The highest BCUT2D eigenvalue weighted by Gasteiger charge is 2.09. The Bertz CT molecular complexity index is 445. The molecule has 0 unspecified atom stereocenters. The zero-order valence-corrected chi connectivity index (χ0v) is 7.70. The Morgan fingerprint density at radius 2 is 2.07 bits per heavy atom. The number of esters is 1. The van der Waals surface area contributed by atoms with Crippen molar-refractivity contribution < 1.29 is 9.53 Å². The minimum absolute atomic E-state index is 0.156. The molecule has 0 aliphatic carbocycles. The van der Waals surface area contributed by atoms with Crippen LogP contribution in [0, 0.1) is 0 Å². The van der Waals surface area contributed by atoms with Crippen molar-refractivity contribution in [3.8, 4) is 5.88 Å². The van der Waals surface area contributed by atoms with Crippen LogP contribution in [0.3, 0.4) is 0 Å². The molecule has 0 fully saturated rings. The third kappa shape index (κ3) is 2.34. The lowest BCUT2D eigenvalue weighted by Crippen LogP contribution is -2.11. The molecule has 0 aromatic carbocycles. The van der Waals surface area contributed by atoms with E-state index in [0.717, 1.165) is 0 Å². The maximum atomic E-state index is 11.4. The van der Waals surface area contributed by atoms with Crippen LogP contribution in [0.1, 0.15) is 10.5 Å². The third-order valence-corrected chi connectivity index (χ3v) is 1.61. The van der Waals surface area contributed by atoms with Gasteiger partial charge in [-0.1, -0.05) is 6.07 Å². The quantitative estimate of drug-likeness (QED) is 0.680. The van der Waals surface area contributed by atoms with Crippen LogP contribution >= 0.6 is 0 Å². The Balaban J connectivity index is 2.12. The normalized spacial score (nSPS) is 9.60. The van der Waals surface area contributed by atoms with E-state index in [1.165, 1.54) is 18.6 Å². The average Bonchev–Trinajstić information content (AvgIpc) is 2.31. The number of rotatable bonds is 2. The number of ether oxygens (including phenoxy) is 1. The third-order valence-electron chi connectivity index (χ3n) is 1.61. The Kier molecular flexibility index (Phi) is 2.64. The van der Waals surface area contributed by atoms with E-state index in [1.54, 1.807) is 24.4 Å². The molecule has 0 saturated carbocycles. The van der Waals surface area contributed by atoms with Crippen molar-refractivity contribution in [1.29, 1.82) is 0 Å². The van der Waals surface area contributed by atoms with Gasteiger partial charge >= 0.3 is 5.97 Å². The molecule has 0 bridgehead atoms. The maximum Gasteiger partial charge on any atom is 0.365 e. The topological polar surface area (TPSA) is 65.0 Å². The number of aromatic nitrogens is 3. The van der Waals surface area contributed by atoms with E-state index in [2.05, 4.69) is 15.0 Å². The fourth-order valence-corrected chi connectivity index (χ4v) is 0.959. The van der Waals surface area contributed by atoms with Crippen molar-refractivity contribution in [2.45, 2.75) is 0 Å². The van der Waals surface area contributed by atoms with Crippen LogP contribution in [-0.2, 0) is 0 Å². The number of hydrogen-bond donors (Lipinski definition) is 0. The summed E-state index contributed by atoms with van der Waals surface area (Å²) in [6, 6.07) is 5.06. The molecule has 0 amide bonds.